The number of carbonyl (C=O) groups excluding carboxylic acids is 1. The molecule has 0 aliphatic carbocycles. The third-order valence-corrected chi connectivity index (χ3v) is 3.88. The average molecular weight is 297 g/mol. The van der Waals surface area contributed by atoms with Gasteiger partial charge in [0.2, 0.25) is 5.91 Å². The number of hydrogen-bond donors (Lipinski definition) is 1. The van der Waals surface area contributed by atoms with Crippen LogP contribution in [0.1, 0.15) is 31.7 Å². The van der Waals surface area contributed by atoms with Gasteiger partial charge in [0, 0.05) is 13.1 Å². The number of amides is 1. The summed E-state index contributed by atoms with van der Waals surface area (Å²) >= 11 is 0. The SMILES string of the molecule is CCCC(N)C(=O)N1CCC(Cc2ccccc2)C1.Cl. The van der Waals surface area contributed by atoms with Gasteiger partial charge in [0.1, 0.15) is 0 Å². The topological polar surface area (TPSA) is 46.3 Å². The Hall–Kier alpha value is -1.06. The van der Waals surface area contributed by atoms with E-state index >= 15 is 0 Å². The summed E-state index contributed by atoms with van der Waals surface area (Å²) in [4.78, 5) is 14.1. The van der Waals surface area contributed by atoms with Crippen LogP contribution in [0.5, 0.6) is 0 Å². The molecule has 0 spiro atoms. The predicted molar refractivity (Wildman–Crippen MR) is 85.0 cm³/mol. The first-order valence-corrected chi connectivity index (χ1v) is 7.29. The maximum absolute atomic E-state index is 12.1. The van der Waals surface area contributed by atoms with Crippen molar-refractivity contribution in [2.24, 2.45) is 11.7 Å². The van der Waals surface area contributed by atoms with Gasteiger partial charge in [-0.1, -0.05) is 43.7 Å². The summed E-state index contributed by atoms with van der Waals surface area (Å²) in [6.45, 7) is 3.80. The molecule has 0 saturated carbocycles. The van der Waals surface area contributed by atoms with E-state index in [-0.39, 0.29) is 24.4 Å². The van der Waals surface area contributed by atoms with Crippen LogP contribution >= 0.6 is 12.4 Å². The molecule has 1 aliphatic rings. The number of rotatable bonds is 5. The first-order chi connectivity index (χ1) is 9.20. The van der Waals surface area contributed by atoms with E-state index in [4.69, 9.17) is 5.73 Å². The standard InChI is InChI=1S/C16H24N2O.ClH/c1-2-6-15(17)16(19)18-10-9-14(12-18)11-13-7-4-3-5-8-13;/h3-5,7-8,14-15H,2,6,9-12,17H2,1H3;1H. The Bertz CT molecular complexity index is 410. The molecule has 1 amide bonds. The molecular weight excluding hydrogens is 272 g/mol. The van der Waals surface area contributed by atoms with Gasteiger partial charge in [0.25, 0.3) is 0 Å². The fourth-order valence-electron chi connectivity index (χ4n) is 2.82. The Kier molecular flexibility index (Phi) is 7.03. The summed E-state index contributed by atoms with van der Waals surface area (Å²) in [7, 11) is 0. The molecule has 112 valence electrons. The highest BCUT2D eigenvalue weighted by atomic mass is 35.5. The molecule has 20 heavy (non-hydrogen) atoms. The number of benzene rings is 1. The lowest BCUT2D eigenvalue weighted by molar-refractivity contribution is -0.131. The molecule has 1 fully saturated rings. The first kappa shape index (κ1) is 17.0. The smallest absolute Gasteiger partial charge is 0.239 e. The van der Waals surface area contributed by atoms with Gasteiger partial charge < -0.3 is 10.6 Å². The Morgan fingerprint density at radius 3 is 2.75 bits per heavy atom. The number of hydrogen-bond acceptors (Lipinski definition) is 2. The largest absolute Gasteiger partial charge is 0.341 e. The minimum atomic E-state index is -0.305. The van der Waals surface area contributed by atoms with Crippen LogP contribution in [0.4, 0.5) is 0 Å². The van der Waals surface area contributed by atoms with Crippen LogP contribution in [0.3, 0.4) is 0 Å². The average Bonchev–Trinajstić information content (AvgIpc) is 2.88. The number of nitrogens with two attached hydrogens (primary N) is 1. The summed E-state index contributed by atoms with van der Waals surface area (Å²) in [5, 5.41) is 0. The molecule has 2 N–H and O–H groups in total. The minimum absolute atomic E-state index is 0. The Balaban J connectivity index is 0.00000200. The zero-order valence-corrected chi connectivity index (χ0v) is 12.9. The first-order valence-electron chi connectivity index (χ1n) is 7.29. The van der Waals surface area contributed by atoms with E-state index in [1.54, 1.807) is 0 Å². The van der Waals surface area contributed by atoms with Crippen LogP contribution in [0.15, 0.2) is 30.3 Å². The lowest BCUT2D eigenvalue weighted by Gasteiger charge is -2.20. The van der Waals surface area contributed by atoms with Crippen LogP contribution in [-0.2, 0) is 11.2 Å². The second-order valence-electron chi connectivity index (χ2n) is 5.52. The molecule has 0 radical (unpaired) electrons. The summed E-state index contributed by atoms with van der Waals surface area (Å²) in [5.41, 5.74) is 7.28. The van der Waals surface area contributed by atoms with Crippen molar-refractivity contribution in [3.05, 3.63) is 35.9 Å². The quantitative estimate of drug-likeness (QED) is 0.908. The maximum atomic E-state index is 12.1. The summed E-state index contributed by atoms with van der Waals surface area (Å²) in [5.74, 6) is 0.720. The summed E-state index contributed by atoms with van der Waals surface area (Å²) < 4.78 is 0. The highest BCUT2D eigenvalue weighted by Crippen LogP contribution is 2.21. The molecule has 1 heterocycles. The van der Waals surface area contributed by atoms with Crippen molar-refractivity contribution >= 4 is 18.3 Å². The third-order valence-electron chi connectivity index (χ3n) is 3.88. The summed E-state index contributed by atoms with van der Waals surface area (Å²) in [6.07, 6.45) is 3.92. The molecule has 2 atom stereocenters. The van der Waals surface area contributed by atoms with Crippen LogP contribution in [-0.4, -0.2) is 29.9 Å². The van der Waals surface area contributed by atoms with Crippen LogP contribution in [0.25, 0.3) is 0 Å². The molecular formula is C16H25ClN2O. The van der Waals surface area contributed by atoms with Gasteiger partial charge in [-0.15, -0.1) is 12.4 Å². The molecule has 3 nitrogen and oxygen atoms in total. The van der Waals surface area contributed by atoms with Crippen LogP contribution in [0.2, 0.25) is 0 Å². The number of carbonyl (C=O) groups is 1. The van der Waals surface area contributed by atoms with Crippen LogP contribution in [0, 0.1) is 5.92 Å². The fraction of sp³-hybridized carbons (Fsp3) is 0.562. The second-order valence-corrected chi connectivity index (χ2v) is 5.52. The van der Waals surface area contributed by atoms with Gasteiger partial charge in [0.15, 0.2) is 0 Å². The highest BCUT2D eigenvalue weighted by molar-refractivity contribution is 5.85. The lowest BCUT2D eigenvalue weighted by atomic mass is 9.99. The molecule has 1 saturated heterocycles. The zero-order valence-electron chi connectivity index (χ0n) is 12.1. The van der Waals surface area contributed by atoms with Crippen molar-refractivity contribution < 1.29 is 4.79 Å². The molecule has 4 heteroatoms. The molecule has 1 aliphatic heterocycles. The minimum Gasteiger partial charge on any atom is -0.341 e. The number of nitrogens with zero attached hydrogens (tertiary/aromatic N) is 1. The van der Waals surface area contributed by atoms with E-state index in [0.29, 0.717) is 5.92 Å². The van der Waals surface area contributed by atoms with E-state index in [9.17, 15) is 4.79 Å². The van der Waals surface area contributed by atoms with Crippen molar-refractivity contribution in [1.29, 1.82) is 0 Å². The third kappa shape index (κ3) is 4.50. The zero-order chi connectivity index (χ0) is 13.7. The Morgan fingerprint density at radius 1 is 1.40 bits per heavy atom. The summed E-state index contributed by atoms with van der Waals surface area (Å²) in [6, 6.07) is 10.2. The van der Waals surface area contributed by atoms with Gasteiger partial charge >= 0.3 is 0 Å². The molecule has 1 aromatic carbocycles. The maximum Gasteiger partial charge on any atom is 0.239 e. The number of halogens is 1. The molecule has 0 bridgehead atoms. The number of likely N-dealkylation sites (tertiary alicyclic amines) is 1. The van der Waals surface area contributed by atoms with Crippen molar-refractivity contribution in [3.8, 4) is 0 Å². The van der Waals surface area contributed by atoms with Gasteiger partial charge in [0.05, 0.1) is 6.04 Å². The monoisotopic (exact) mass is 296 g/mol. The predicted octanol–water partition coefficient (Wildman–Crippen LogP) is 2.63. The van der Waals surface area contributed by atoms with E-state index in [1.165, 1.54) is 5.56 Å². The van der Waals surface area contributed by atoms with E-state index < -0.39 is 0 Å². The normalized spacial score (nSPS) is 19.5. The Morgan fingerprint density at radius 2 is 2.10 bits per heavy atom. The van der Waals surface area contributed by atoms with Gasteiger partial charge in [-0.2, -0.15) is 0 Å². The molecule has 2 rings (SSSR count). The van der Waals surface area contributed by atoms with Crippen molar-refractivity contribution in [1.82, 2.24) is 4.90 Å². The molecule has 1 aromatic rings. The molecule has 0 aromatic heterocycles. The van der Waals surface area contributed by atoms with Gasteiger partial charge in [-0.3, -0.25) is 4.79 Å². The highest BCUT2D eigenvalue weighted by Gasteiger charge is 2.28. The van der Waals surface area contributed by atoms with Gasteiger partial charge in [-0.25, -0.2) is 0 Å². The van der Waals surface area contributed by atoms with E-state index in [1.807, 2.05) is 11.0 Å². The van der Waals surface area contributed by atoms with E-state index in [2.05, 4.69) is 31.2 Å². The second kappa shape index (κ2) is 8.28. The van der Waals surface area contributed by atoms with Crippen molar-refractivity contribution in [3.63, 3.8) is 0 Å². The fourth-order valence-corrected chi connectivity index (χ4v) is 2.82. The van der Waals surface area contributed by atoms with Crippen molar-refractivity contribution in [2.75, 3.05) is 13.1 Å². The lowest BCUT2D eigenvalue weighted by Crippen LogP contribution is -2.42. The van der Waals surface area contributed by atoms with Crippen molar-refractivity contribution in [2.45, 2.75) is 38.6 Å². The van der Waals surface area contributed by atoms with Gasteiger partial charge in [-0.05, 0) is 30.7 Å². The Labute approximate surface area is 127 Å². The van der Waals surface area contributed by atoms with E-state index in [0.717, 1.165) is 38.8 Å². The van der Waals surface area contributed by atoms with Crippen LogP contribution < -0.4 is 5.73 Å². The molecule has 2 unspecified atom stereocenters.